The molecular weight excluding hydrogens is 225 g/mol. The Balaban J connectivity index is 2.23. The zero-order valence-electron chi connectivity index (χ0n) is 11.7. The lowest BCUT2D eigenvalue weighted by molar-refractivity contribution is 0.775. The standard InChI is InChI=1S/C15H26NP/c1-13(2)17(14(3)4)12-8-6-10-15-9-5-7-11-16-15/h5,7,9,11,13-14H,6,8,10,12H2,1-4H3. The van der Waals surface area contributed by atoms with Crippen LogP contribution in [0, 0.1) is 0 Å². The minimum absolute atomic E-state index is 0.220. The van der Waals surface area contributed by atoms with Gasteiger partial charge in [0.25, 0.3) is 0 Å². The second kappa shape index (κ2) is 7.82. The van der Waals surface area contributed by atoms with Gasteiger partial charge in [-0.2, -0.15) is 0 Å². The normalized spacial score (nSPS) is 11.7. The first-order valence-electron chi connectivity index (χ1n) is 6.77. The number of rotatable bonds is 7. The summed E-state index contributed by atoms with van der Waals surface area (Å²) in [6.45, 7) is 9.52. The van der Waals surface area contributed by atoms with E-state index in [9.17, 15) is 0 Å². The molecule has 0 amide bonds. The van der Waals surface area contributed by atoms with Crippen molar-refractivity contribution in [2.75, 3.05) is 6.16 Å². The lowest BCUT2D eigenvalue weighted by Crippen LogP contribution is -2.06. The largest absolute Gasteiger partial charge is 0.261 e. The molecule has 1 nitrogen and oxygen atoms in total. The van der Waals surface area contributed by atoms with Gasteiger partial charge >= 0.3 is 0 Å². The van der Waals surface area contributed by atoms with E-state index >= 15 is 0 Å². The molecule has 1 heterocycles. The zero-order valence-corrected chi connectivity index (χ0v) is 12.6. The molecule has 1 rings (SSSR count). The van der Waals surface area contributed by atoms with E-state index < -0.39 is 0 Å². The van der Waals surface area contributed by atoms with E-state index in [-0.39, 0.29) is 7.92 Å². The molecule has 17 heavy (non-hydrogen) atoms. The number of aromatic nitrogens is 1. The van der Waals surface area contributed by atoms with Crippen molar-refractivity contribution in [3.05, 3.63) is 30.1 Å². The molecule has 1 aromatic rings. The first kappa shape index (κ1) is 14.6. The predicted molar refractivity (Wildman–Crippen MR) is 79.2 cm³/mol. The van der Waals surface area contributed by atoms with Gasteiger partial charge in [0.15, 0.2) is 0 Å². The highest BCUT2D eigenvalue weighted by Gasteiger charge is 2.15. The van der Waals surface area contributed by atoms with Gasteiger partial charge in [-0.05, 0) is 48.9 Å². The molecule has 0 saturated heterocycles. The summed E-state index contributed by atoms with van der Waals surface area (Å²) in [5, 5.41) is 0. The molecule has 1 aromatic heterocycles. The monoisotopic (exact) mass is 251 g/mol. The predicted octanol–water partition coefficient (Wildman–Crippen LogP) is 4.70. The number of pyridine rings is 1. The number of hydrogen-bond acceptors (Lipinski definition) is 1. The van der Waals surface area contributed by atoms with Crippen LogP contribution >= 0.6 is 7.92 Å². The van der Waals surface area contributed by atoms with Crippen LogP contribution in [0.5, 0.6) is 0 Å². The summed E-state index contributed by atoms with van der Waals surface area (Å²) >= 11 is 0. The minimum atomic E-state index is 0.220. The molecule has 0 radical (unpaired) electrons. The van der Waals surface area contributed by atoms with E-state index in [2.05, 4.69) is 44.8 Å². The van der Waals surface area contributed by atoms with E-state index in [1.807, 2.05) is 12.3 Å². The number of aryl methyl sites for hydroxylation is 1. The molecule has 0 aliphatic carbocycles. The van der Waals surface area contributed by atoms with Crippen LogP contribution in [0.4, 0.5) is 0 Å². The van der Waals surface area contributed by atoms with Crippen LogP contribution < -0.4 is 0 Å². The van der Waals surface area contributed by atoms with Gasteiger partial charge in [0, 0.05) is 11.9 Å². The number of nitrogens with zero attached hydrogens (tertiary/aromatic N) is 1. The van der Waals surface area contributed by atoms with Gasteiger partial charge in [-0.3, -0.25) is 4.98 Å². The van der Waals surface area contributed by atoms with E-state index in [0.717, 1.165) is 17.7 Å². The second-order valence-corrected chi connectivity index (χ2v) is 8.74. The van der Waals surface area contributed by atoms with Gasteiger partial charge < -0.3 is 0 Å². The van der Waals surface area contributed by atoms with Gasteiger partial charge in [-0.25, -0.2) is 0 Å². The van der Waals surface area contributed by atoms with Crippen molar-refractivity contribution in [2.24, 2.45) is 0 Å². The molecule has 0 N–H and O–H groups in total. The lowest BCUT2D eigenvalue weighted by Gasteiger charge is -2.25. The van der Waals surface area contributed by atoms with E-state index in [1.165, 1.54) is 24.7 Å². The Hall–Kier alpha value is -0.420. The summed E-state index contributed by atoms with van der Waals surface area (Å²) in [5.41, 5.74) is 2.99. The van der Waals surface area contributed by atoms with E-state index in [4.69, 9.17) is 0 Å². The maximum absolute atomic E-state index is 4.37. The van der Waals surface area contributed by atoms with Crippen LogP contribution in [0.2, 0.25) is 0 Å². The highest BCUT2D eigenvalue weighted by atomic mass is 31.1. The molecule has 0 atom stereocenters. The van der Waals surface area contributed by atoms with E-state index in [1.54, 1.807) is 0 Å². The molecule has 0 unspecified atom stereocenters. The van der Waals surface area contributed by atoms with Crippen molar-refractivity contribution in [1.29, 1.82) is 0 Å². The Kier molecular flexibility index (Phi) is 6.73. The van der Waals surface area contributed by atoms with Crippen molar-refractivity contribution in [2.45, 2.75) is 58.3 Å². The highest BCUT2D eigenvalue weighted by molar-refractivity contribution is 7.59. The number of hydrogen-bond donors (Lipinski definition) is 0. The van der Waals surface area contributed by atoms with Gasteiger partial charge in [0.2, 0.25) is 0 Å². The summed E-state index contributed by atoms with van der Waals surface area (Å²) in [6, 6.07) is 6.20. The molecule has 0 fully saturated rings. The Morgan fingerprint density at radius 3 is 2.29 bits per heavy atom. The fourth-order valence-corrected chi connectivity index (χ4v) is 5.07. The summed E-state index contributed by atoms with van der Waals surface area (Å²) in [6.07, 6.45) is 7.11. The smallest absolute Gasteiger partial charge is 0.0403 e. The molecule has 2 heteroatoms. The third-order valence-corrected chi connectivity index (χ3v) is 6.64. The average Bonchev–Trinajstić information content (AvgIpc) is 2.29. The average molecular weight is 251 g/mol. The minimum Gasteiger partial charge on any atom is -0.261 e. The molecule has 0 aliphatic rings. The summed E-state index contributed by atoms with van der Waals surface area (Å²) < 4.78 is 0. The molecular formula is C15H26NP. The molecule has 0 spiro atoms. The molecule has 0 saturated carbocycles. The van der Waals surface area contributed by atoms with E-state index in [0.29, 0.717) is 0 Å². The van der Waals surface area contributed by atoms with Crippen molar-refractivity contribution in [1.82, 2.24) is 4.98 Å². The van der Waals surface area contributed by atoms with Crippen molar-refractivity contribution in [3.8, 4) is 0 Å². The molecule has 0 bridgehead atoms. The fraction of sp³-hybridized carbons (Fsp3) is 0.667. The summed E-state index contributed by atoms with van der Waals surface area (Å²) in [4.78, 5) is 4.37. The maximum atomic E-state index is 4.37. The third-order valence-electron chi connectivity index (χ3n) is 3.15. The van der Waals surface area contributed by atoms with Gasteiger partial charge in [-0.1, -0.05) is 33.8 Å². The van der Waals surface area contributed by atoms with Crippen LogP contribution in [0.3, 0.4) is 0 Å². The molecule has 0 aromatic carbocycles. The first-order valence-corrected chi connectivity index (χ1v) is 8.43. The highest BCUT2D eigenvalue weighted by Crippen LogP contribution is 2.46. The van der Waals surface area contributed by atoms with Crippen LogP contribution in [0.15, 0.2) is 24.4 Å². The second-order valence-electron chi connectivity index (χ2n) is 5.20. The third kappa shape index (κ3) is 5.64. The quantitative estimate of drug-likeness (QED) is 0.505. The molecule has 96 valence electrons. The van der Waals surface area contributed by atoms with Gasteiger partial charge in [0.05, 0.1) is 0 Å². The molecule has 0 aliphatic heterocycles. The summed E-state index contributed by atoms with van der Waals surface area (Å²) in [7, 11) is 0.220. The first-order chi connectivity index (χ1) is 8.11. The zero-order chi connectivity index (χ0) is 12.7. The van der Waals surface area contributed by atoms with Gasteiger partial charge in [0.1, 0.15) is 0 Å². The van der Waals surface area contributed by atoms with Crippen LogP contribution in [0.25, 0.3) is 0 Å². The van der Waals surface area contributed by atoms with Crippen LogP contribution in [-0.2, 0) is 6.42 Å². The Morgan fingerprint density at radius 1 is 1.06 bits per heavy atom. The van der Waals surface area contributed by atoms with Crippen LogP contribution in [-0.4, -0.2) is 22.5 Å². The topological polar surface area (TPSA) is 12.9 Å². The van der Waals surface area contributed by atoms with Crippen molar-refractivity contribution >= 4 is 7.92 Å². The number of unbranched alkanes of at least 4 members (excludes halogenated alkanes) is 1. The fourth-order valence-electron chi connectivity index (χ4n) is 2.26. The Labute approximate surface area is 108 Å². The lowest BCUT2D eigenvalue weighted by atomic mass is 10.2. The Bertz CT molecular complexity index is 287. The maximum Gasteiger partial charge on any atom is 0.0403 e. The SMILES string of the molecule is CC(C)P(CCCCc1ccccn1)C(C)C. The Morgan fingerprint density at radius 2 is 1.76 bits per heavy atom. The summed E-state index contributed by atoms with van der Waals surface area (Å²) in [5.74, 6) is 0. The van der Waals surface area contributed by atoms with Crippen molar-refractivity contribution in [3.63, 3.8) is 0 Å². The van der Waals surface area contributed by atoms with Gasteiger partial charge in [-0.15, -0.1) is 7.92 Å². The van der Waals surface area contributed by atoms with Crippen molar-refractivity contribution < 1.29 is 0 Å². The van der Waals surface area contributed by atoms with Crippen LogP contribution in [0.1, 0.15) is 46.2 Å².